The Balaban J connectivity index is 2.91. The van der Waals surface area contributed by atoms with E-state index < -0.39 is 66.1 Å². The number of nitrogens with one attached hydrogen (secondary N) is 3. The maximum atomic E-state index is 12.8. The highest BCUT2D eigenvalue weighted by atomic mass is 16.4. The second kappa shape index (κ2) is 13.5. The largest absolute Gasteiger partial charge is 0.480 e. The van der Waals surface area contributed by atoms with Gasteiger partial charge in [-0.05, 0) is 18.9 Å². The highest BCUT2D eigenvalue weighted by Crippen LogP contribution is 2.05. The first-order valence-electron chi connectivity index (χ1n) is 10.4. The molecule has 0 aromatic heterocycles. The Morgan fingerprint density at radius 1 is 0.853 bits per heavy atom. The molecule has 0 spiro atoms. The lowest BCUT2D eigenvalue weighted by atomic mass is 10.0. The van der Waals surface area contributed by atoms with Crippen molar-refractivity contribution in [2.24, 2.45) is 17.2 Å². The van der Waals surface area contributed by atoms with Gasteiger partial charge in [0.15, 0.2) is 0 Å². The molecule has 34 heavy (non-hydrogen) atoms. The quantitative estimate of drug-likeness (QED) is 0.148. The maximum absolute atomic E-state index is 12.8. The molecular formula is C21H30N6O7. The molecule has 0 fully saturated rings. The summed E-state index contributed by atoms with van der Waals surface area (Å²) < 4.78 is 0. The predicted molar refractivity (Wildman–Crippen MR) is 119 cm³/mol. The molecule has 13 nitrogen and oxygen atoms in total. The van der Waals surface area contributed by atoms with Crippen LogP contribution in [0.25, 0.3) is 0 Å². The van der Waals surface area contributed by atoms with Crippen LogP contribution in [0.1, 0.15) is 31.7 Å². The lowest BCUT2D eigenvalue weighted by Crippen LogP contribution is -2.57. The second-order valence-corrected chi connectivity index (χ2v) is 7.66. The average Bonchev–Trinajstić information content (AvgIpc) is 2.76. The molecule has 1 aromatic carbocycles. The number of primary amides is 2. The zero-order valence-corrected chi connectivity index (χ0v) is 18.7. The SMILES string of the molecule is CC(NC(=O)C(N)CCC(N)=O)C(=O)NC(Cc1ccccc1)C(=O)NC(CC(N)=O)C(=O)O. The smallest absolute Gasteiger partial charge is 0.326 e. The van der Waals surface area contributed by atoms with Crippen LogP contribution >= 0.6 is 0 Å². The molecule has 5 amide bonds. The highest BCUT2D eigenvalue weighted by Gasteiger charge is 2.29. The van der Waals surface area contributed by atoms with Crippen LogP contribution in [0.2, 0.25) is 0 Å². The lowest BCUT2D eigenvalue weighted by Gasteiger charge is -2.23. The summed E-state index contributed by atoms with van der Waals surface area (Å²) in [4.78, 5) is 70.9. The van der Waals surface area contributed by atoms with E-state index in [0.29, 0.717) is 5.56 Å². The number of nitrogens with two attached hydrogens (primary N) is 3. The summed E-state index contributed by atoms with van der Waals surface area (Å²) in [5.41, 5.74) is 16.4. The fraction of sp³-hybridized carbons (Fsp3) is 0.429. The number of aliphatic carboxylic acids is 1. The summed E-state index contributed by atoms with van der Waals surface area (Å²) in [5.74, 6) is -5.32. The summed E-state index contributed by atoms with van der Waals surface area (Å²) in [7, 11) is 0. The number of carbonyl (C=O) groups is 6. The third kappa shape index (κ3) is 10.1. The minimum absolute atomic E-state index is 0.000115. The number of hydrogen-bond donors (Lipinski definition) is 7. The number of carboxylic acids is 1. The summed E-state index contributed by atoms with van der Waals surface area (Å²) in [6, 6.07) is 3.60. The maximum Gasteiger partial charge on any atom is 0.326 e. The first kappa shape index (κ1) is 28.0. The van der Waals surface area contributed by atoms with Crippen LogP contribution in [0.4, 0.5) is 0 Å². The standard InChI is InChI=1S/C21H30N6O7/c1-11(25-19(31)13(22)7-8-16(23)28)18(30)26-14(9-12-5-3-2-4-6-12)20(32)27-15(21(33)34)10-17(24)29/h2-6,11,13-15H,7-10,22H2,1H3,(H2,23,28)(H2,24,29)(H,25,31)(H,26,30)(H,27,32)(H,33,34). The Morgan fingerprint density at radius 3 is 1.97 bits per heavy atom. The van der Waals surface area contributed by atoms with Crippen molar-refractivity contribution in [1.82, 2.24) is 16.0 Å². The molecule has 10 N–H and O–H groups in total. The zero-order valence-electron chi connectivity index (χ0n) is 18.7. The van der Waals surface area contributed by atoms with E-state index in [1.807, 2.05) is 0 Å². The number of carboxylic acid groups (broad SMARTS) is 1. The number of rotatable bonds is 14. The molecule has 0 radical (unpaired) electrons. The first-order chi connectivity index (χ1) is 15.9. The Bertz CT molecular complexity index is 908. The Kier molecular flexibility index (Phi) is 11.2. The van der Waals surface area contributed by atoms with Gasteiger partial charge in [-0.15, -0.1) is 0 Å². The minimum Gasteiger partial charge on any atom is -0.480 e. The van der Waals surface area contributed by atoms with Crippen molar-refractivity contribution in [1.29, 1.82) is 0 Å². The predicted octanol–water partition coefficient (Wildman–Crippen LogP) is -2.74. The van der Waals surface area contributed by atoms with Gasteiger partial charge in [-0.25, -0.2) is 4.79 Å². The molecule has 0 saturated carbocycles. The number of amides is 5. The number of benzene rings is 1. The van der Waals surface area contributed by atoms with Crippen molar-refractivity contribution in [2.75, 3.05) is 0 Å². The van der Waals surface area contributed by atoms with Gasteiger partial charge in [0.25, 0.3) is 0 Å². The number of carbonyl (C=O) groups excluding carboxylic acids is 5. The van der Waals surface area contributed by atoms with E-state index in [4.69, 9.17) is 17.2 Å². The van der Waals surface area contributed by atoms with Gasteiger partial charge in [0.05, 0.1) is 12.5 Å². The summed E-state index contributed by atoms with van der Waals surface area (Å²) in [6.45, 7) is 1.36. The van der Waals surface area contributed by atoms with Gasteiger partial charge in [0, 0.05) is 12.8 Å². The summed E-state index contributed by atoms with van der Waals surface area (Å²) >= 11 is 0. The summed E-state index contributed by atoms with van der Waals surface area (Å²) in [6.07, 6.45) is -0.752. The molecule has 0 aliphatic heterocycles. The molecule has 1 rings (SSSR count). The van der Waals surface area contributed by atoms with Gasteiger partial charge < -0.3 is 38.3 Å². The monoisotopic (exact) mass is 478 g/mol. The van der Waals surface area contributed by atoms with Gasteiger partial charge >= 0.3 is 5.97 Å². The van der Waals surface area contributed by atoms with E-state index in [9.17, 15) is 33.9 Å². The van der Waals surface area contributed by atoms with Crippen LogP contribution in [0.3, 0.4) is 0 Å². The van der Waals surface area contributed by atoms with Crippen LogP contribution in [-0.4, -0.2) is 64.8 Å². The molecule has 13 heteroatoms. The van der Waals surface area contributed by atoms with Crippen molar-refractivity contribution in [3.8, 4) is 0 Å². The van der Waals surface area contributed by atoms with Gasteiger partial charge in [0.1, 0.15) is 18.1 Å². The van der Waals surface area contributed by atoms with Crippen LogP contribution in [0.15, 0.2) is 30.3 Å². The lowest BCUT2D eigenvalue weighted by molar-refractivity contribution is -0.143. The molecule has 0 aliphatic carbocycles. The second-order valence-electron chi connectivity index (χ2n) is 7.66. The molecule has 0 aliphatic rings. The topological polar surface area (TPSA) is 237 Å². The van der Waals surface area contributed by atoms with E-state index >= 15 is 0 Å². The molecule has 0 heterocycles. The van der Waals surface area contributed by atoms with Gasteiger partial charge in [-0.3, -0.25) is 24.0 Å². The minimum atomic E-state index is -1.58. The van der Waals surface area contributed by atoms with E-state index in [0.717, 1.165) is 0 Å². The molecule has 0 saturated heterocycles. The Morgan fingerprint density at radius 2 is 1.44 bits per heavy atom. The summed E-state index contributed by atoms with van der Waals surface area (Å²) in [5, 5.41) is 16.3. The fourth-order valence-corrected chi connectivity index (χ4v) is 2.84. The van der Waals surface area contributed by atoms with Crippen LogP contribution in [0, 0.1) is 0 Å². The van der Waals surface area contributed by atoms with Gasteiger partial charge in [0.2, 0.25) is 29.5 Å². The van der Waals surface area contributed by atoms with Gasteiger partial charge in [-0.1, -0.05) is 30.3 Å². The van der Waals surface area contributed by atoms with E-state index in [1.54, 1.807) is 30.3 Å². The molecule has 4 atom stereocenters. The van der Waals surface area contributed by atoms with Crippen LogP contribution < -0.4 is 33.2 Å². The highest BCUT2D eigenvalue weighted by molar-refractivity contribution is 5.95. The molecule has 1 aromatic rings. The van der Waals surface area contributed by atoms with E-state index in [2.05, 4.69) is 16.0 Å². The molecular weight excluding hydrogens is 448 g/mol. The molecule has 4 unspecified atom stereocenters. The van der Waals surface area contributed by atoms with Crippen molar-refractivity contribution in [3.05, 3.63) is 35.9 Å². The fourth-order valence-electron chi connectivity index (χ4n) is 2.84. The Labute approximate surface area is 195 Å². The van der Waals surface area contributed by atoms with E-state index in [1.165, 1.54) is 6.92 Å². The van der Waals surface area contributed by atoms with Crippen molar-refractivity contribution in [2.45, 2.75) is 56.8 Å². The van der Waals surface area contributed by atoms with Crippen molar-refractivity contribution in [3.63, 3.8) is 0 Å². The molecule has 0 bridgehead atoms. The van der Waals surface area contributed by atoms with Crippen molar-refractivity contribution >= 4 is 35.5 Å². The Hall–Kier alpha value is -4.00. The van der Waals surface area contributed by atoms with Gasteiger partial charge in [-0.2, -0.15) is 0 Å². The molecule has 186 valence electrons. The normalized spacial score (nSPS) is 14.1. The van der Waals surface area contributed by atoms with E-state index in [-0.39, 0.29) is 19.3 Å². The average molecular weight is 479 g/mol. The number of hydrogen-bond acceptors (Lipinski definition) is 7. The first-order valence-corrected chi connectivity index (χ1v) is 10.4. The van der Waals surface area contributed by atoms with Crippen molar-refractivity contribution < 1.29 is 33.9 Å². The zero-order chi connectivity index (χ0) is 25.8. The van der Waals surface area contributed by atoms with Crippen LogP contribution in [0.5, 0.6) is 0 Å². The third-order valence-electron chi connectivity index (χ3n) is 4.73. The van der Waals surface area contributed by atoms with Crippen LogP contribution in [-0.2, 0) is 35.2 Å². The third-order valence-corrected chi connectivity index (χ3v) is 4.73.